The third-order valence-electron chi connectivity index (χ3n) is 8.15. The van der Waals surface area contributed by atoms with Gasteiger partial charge in [0.05, 0.1) is 24.0 Å². The average molecular weight is 641 g/mol. The summed E-state index contributed by atoms with van der Waals surface area (Å²) in [6.45, 7) is 6.57. The largest absolute Gasteiger partial charge is 0.433 e. The highest BCUT2D eigenvalue weighted by Gasteiger charge is 2.43. The van der Waals surface area contributed by atoms with Crippen molar-refractivity contribution >= 4 is 27.5 Å². The van der Waals surface area contributed by atoms with E-state index in [1.165, 1.54) is 27.8 Å². The lowest BCUT2D eigenvalue weighted by Crippen LogP contribution is -2.41. The van der Waals surface area contributed by atoms with Crippen molar-refractivity contribution in [1.29, 1.82) is 0 Å². The van der Waals surface area contributed by atoms with Gasteiger partial charge in [0, 0.05) is 61.7 Å². The van der Waals surface area contributed by atoms with E-state index in [2.05, 4.69) is 20.2 Å². The molecule has 2 aromatic heterocycles. The van der Waals surface area contributed by atoms with Crippen molar-refractivity contribution < 1.29 is 35.2 Å². The Balaban J connectivity index is 1.41. The van der Waals surface area contributed by atoms with E-state index in [1.54, 1.807) is 6.20 Å². The molecule has 2 aliphatic rings. The van der Waals surface area contributed by atoms with Crippen LogP contribution in [-0.2, 0) is 27.4 Å². The fraction of sp³-hybridized carbons (Fsp3) is 0.483. The Labute approximate surface area is 252 Å². The van der Waals surface area contributed by atoms with Crippen LogP contribution in [0.4, 0.5) is 33.7 Å². The lowest BCUT2D eigenvalue weighted by atomic mass is 9.88. The number of sulfone groups is 1. The summed E-state index contributed by atoms with van der Waals surface area (Å²) in [5, 5.41) is 2.80. The van der Waals surface area contributed by atoms with Crippen molar-refractivity contribution in [2.75, 3.05) is 47.9 Å². The molecule has 0 spiro atoms. The van der Waals surface area contributed by atoms with Crippen LogP contribution in [0.5, 0.6) is 0 Å². The van der Waals surface area contributed by atoms with Gasteiger partial charge in [-0.2, -0.15) is 13.2 Å². The van der Waals surface area contributed by atoms with Crippen LogP contribution < -0.4 is 10.2 Å². The van der Waals surface area contributed by atoms with Gasteiger partial charge in [-0.05, 0) is 38.5 Å². The highest BCUT2D eigenvalue weighted by atomic mass is 32.2. The monoisotopic (exact) mass is 640 g/mol. The molecule has 2 atom stereocenters. The van der Waals surface area contributed by atoms with Crippen molar-refractivity contribution in [2.45, 2.75) is 44.9 Å². The minimum atomic E-state index is -4.70. The molecule has 0 bridgehead atoms. The minimum absolute atomic E-state index is 0.00385. The Morgan fingerprint density at radius 1 is 1.05 bits per heavy atom. The van der Waals surface area contributed by atoms with Crippen molar-refractivity contribution in [3.8, 4) is 0 Å². The standard InChI is InChI=1S/C29H33F5N6O3S/c1-28(2,3)40-16-21(20-6-5-19(30)14-23(20)31)22(17-40)26(41)37-27-35-8-9-39(27)15-18-4-7-24(29(32,33)34)36-25(18)38-10-12-44(42,43)13-11-38/h4-9,14,21-22H,10-13,15-17H2,1-3H3,(H,35,37,41)/t21-,22+/m0/s1. The molecule has 9 nitrogen and oxygen atoms in total. The van der Waals surface area contributed by atoms with E-state index in [0.717, 1.165) is 18.2 Å². The number of imidazole rings is 1. The summed E-state index contributed by atoms with van der Waals surface area (Å²) >= 11 is 0. The highest BCUT2D eigenvalue weighted by Crippen LogP contribution is 2.38. The number of alkyl halides is 3. The van der Waals surface area contributed by atoms with Crippen LogP contribution in [0.1, 0.15) is 43.5 Å². The summed E-state index contributed by atoms with van der Waals surface area (Å²) < 4.78 is 94.6. The molecule has 0 radical (unpaired) electrons. The number of benzene rings is 1. The summed E-state index contributed by atoms with van der Waals surface area (Å²) in [7, 11) is -3.30. The first-order chi connectivity index (χ1) is 20.5. The fourth-order valence-electron chi connectivity index (χ4n) is 5.64. The lowest BCUT2D eigenvalue weighted by Gasteiger charge is -2.31. The van der Waals surface area contributed by atoms with E-state index in [4.69, 9.17) is 0 Å². The maximum atomic E-state index is 14.9. The fourth-order valence-corrected chi connectivity index (χ4v) is 6.84. The van der Waals surface area contributed by atoms with Gasteiger partial charge >= 0.3 is 6.18 Å². The van der Waals surface area contributed by atoms with Crippen molar-refractivity contribution in [3.63, 3.8) is 0 Å². The molecule has 0 saturated carbocycles. The molecule has 1 aromatic carbocycles. The third-order valence-corrected chi connectivity index (χ3v) is 9.76. The molecule has 4 heterocycles. The number of nitrogens with zero attached hydrogens (tertiary/aromatic N) is 5. The highest BCUT2D eigenvalue weighted by molar-refractivity contribution is 7.91. The summed E-state index contributed by atoms with van der Waals surface area (Å²) in [4.78, 5) is 25.4. The van der Waals surface area contributed by atoms with Gasteiger partial charge in [0.15, 0.2) is 9.84 Å². The first kappa shape index (κ1) is 31.8. The van der Waals surface area contributed by atoms with Gasteiger partial charge in [-0.3, -0.25) is 15.0 Å². The zero-order valence-corrected chi connectivity index (χ0v) is 25.2. The van der Waals surface area contributed by atoms with Gasteiger partial charge in [0.2, 0.25) is 11.9 Å². The van der Waals surface area contributed by atoms with Crippen LogP contribution >= 0.6 is 0 Å². The quantitative estimate of drug-likeness (QED) is 0.401. The molecule has 2 saturated heterocycles. The number of hydrogen-bond acceptors (Lipinski definition) is 7. The van der Waals surface area contributed by atoms with Crippen LogP contribution in [0.3, 0.4) is 0 Å². The number of likely N-dealkylation sites (tertiary alicyclic amines) is 1. The van der Waals surface area contributed by atoms with Gasteiger partial charge in [-0.15, -0.1) is 0 Å². The van der Waals surface area contributed by atoms with Crippen molar-refractivity contribution in [1.82, 2.24) is 19.4 Å². The molecule has 0 aliphatic carbocycles. The van der Waals surface area contributed by atoms with E-state index in [-0.39, 0.29) is 54.0 Å². The molecule has 238 valence electrons. The molecule has 5 rings (SSSR count). The number of aromatic nitrogens is 3. The van der Waals surface area contributed by atoms with Crippen molar-refractivity contribution in [3.05, 3.63) is 71.2 Å². The van der Waals surface area contributed by atoms with E-state index < -0.39 is 51.1 Å². The number of hydrogen-bond donors (Lipinski definition) is 1. The molecule has 1 amide bonds. The summed E-state index contributed by atoms with van der Waals surface area (Å²) in [6.07, 6.45) is -1.73. The second-order valence-electron chi connectivity index (χ2n) is 12.1. The molecule has 15 heteroatoms. The lowest BCUT2D eigenvalue weighted by molar-refractivity contribution is -0.141. The molecular formula is C29H33F5N6O3S. The Bertz CT molecular complexity index is 1640. The Morgan fingerprint density at radius 2 is 1.75 bits per heavy atom. The van der Waals surface area contributed by atoms with Gasteiger partial charge in [-0.25, -0.2) is 27.2 Å². The van der Waals surface area contributed by atoms with E-state index in [1.807, 2.05) is 20.8 Å². The van der Waals surface area contributed by atoms with E-state index >= 15 is 0 Å². The Hall–Kier alpha value is -3.59. The predicted octanol–water partition coefficient (Wildman–Crippen LogP) is 4.31. The number of amides is 1. The van der Waals surface area contributed by atoms with Gasteiger partial charge in [0.25, 0.3) is 0 Å². The van der Waals surface area contributed by atoms with Crippen LogP contribution in [0.15, 0.2) is 42.7 Å². The van der Waals surface area contributed by atoms with Gasteiger partial charge in [0.1, 0.15) is 23.1 Å². The molecule has 0 unspecified atom stereocenters. The topological polar surface area (TPSA) is 100 Å². The number of rotatable bonds is 6. The second-order valence-corrected chi connectivity index (χ2v) is 14.4. The summed E-state index contributed by atoms with van der Waals surface area (Å²) in [5.74, 6) is -3.47. The van der Waals surface area contributed by atoms with Crippen molar-refractivity contribution in [2.24, 2.45) is 5.92 Å². The van der Waals surface area contributed by atoms with Crippen LogP contribution in [0.25, 0.3) is 0 Å². The predicted molar refractivity (Wildman–Crippen MR) is 154 cm³/mol. The smallest absolute Gasteiger partial charge is 0.354 e. The number of nitrogens with one attached hydrogen (secondary N) is 1. The zero-order chi connectivity index (χ0) is 32.0. The van der Waals surface area contributed by atoms with Gasteiger partial charge < -0.3 is 9.47 Å². The first-order valence-electron chi connectivity index (χ1n) is 14.1. The Morgan fingerprint density at radius 3 is 2.39 bits per heavy atom. The molecule has 1 N–H and O–H groups in total. The first-order valence-corrected chi connectivity index (χ1v) is 15.9. The molecule has 2 aliphatic heterocycles. The second kappa shape index (κ2) is 11.7. The zero-order valence-electron chi connectivity index (χ0n) is 24.4. The number of carbonyl (C=O) groups excluding carboxylic acids is 1. The molecule has 44 heavy (non-hydrogen) atoms. The van der Waals surface area contributed by atoms with Crippen LogP contribution in [0, 0.1) is 17.6 Å². The average Bonchev–Trinajstić information content (AvgIpc) is 3.56. The number of carbonyl (C=O) groups is 1. The third kappa shape index (κ3) is 6.88. The maximum absolute atomic E-state index is 14.9. The maximum Gasteiger partial charge on any atom is 0.433 e. The number of halogens is 5. The normalized spacial score (nSPS) is 21.0. The number of pyridine rings is 1. The molecule has 3 aromatic rings. The summed E-state index contributed by atoms with van der Waals surface area (Å²) in [6, 6.07) is 5.45. The van der Waals surface area contributed by atoms with E-state index in [0.29, 0.717) is 18.7 Å². The number of anilines is 2. The van der Waals surface area contributed by atoms with Gasteiger partial charge in [-0.1, -0.05) is 12.1 Å². The molecule has 2 fully saturated rings. The van der Waals surface area contributed by atoms with Crippen LogP contribution in [-0.4, -0.2) is 77.0 Å². The molecular weight excluding hydrogens is 607 g/mol. The Kier molecular flexibility index (Phi) is 8.48. The van der Waals surface area contributed by atoms with Crippen LogP contribution in [0.2, 0.25) is 0 Å². The van der Waals surface area contributed by atoms with E-state index in [9.17, 15) is 35.2 Å². The summed E-state index contributed by atoms with van der Waals surface area (Å²) in [5.41, 5.74) is -0.836. The minimum Gasteiger partial charge on any atom is -0.354 e. The SMILES string of the molecule is CC(C)(C)N1C[C@@H](C(=O)Nc2nccn2Cc2ccc(C(F)(F)F)nc2N2CCS(=O)(=O)CC2)[C@H](c2ccc(F)cc2F)C1.